The Balaban J connectivity index is 1.35. The van der Waals surface area contributed by atoms with Gasteiger partial charge in [0, 0.05) is 18.1 Å². The maximum atomic E-state index is 14.4. The molecule has 45 heavy (non-hydrogen) atoms. The molecule has 2 heterocycles. The number of thiazole rings is 1. The van der Waals surface area contributed by atoms with E-state index in [1.165, 1.54) is 11.3 Å². The first-order chi connectivity index (χ1) is 21.3. The van der Waals surface area contributed by atoms with E-state index in [0.29, 0.717) is 18.0 Å². The molecule has 4 fully saturated rings. The first-order valence-corrected chi connectivity index (χ1v) is 17.1. The highest BCUT2D eigenvalue weighted by Gasteiger charge is 2.69. The SMILES string of the molecule is CC(C)[C@H](NC(=O)N[C@H](C(=O)N1C[C@H]2[C@@H]([C@H]1C(=O)NC(CC1CC1)C(=O)C(N)=O)C2(C)C)C1CCCCC1)C(=O)c1nccs1. The summed E-state index contributed by atoms with van der Waals surface area (Å²) in [5.74, 6) is -3.15. The normalized spacial score (nSPS) is 25.9. The molecule has 1 aromatic rings. The molecule has 3 aliphatic carbocycles. The van der Waals surface area contributed by atoms with Crippen LogP contribution in [0.4, 0.5) is 4.79 Å². The van der Waals surface area contributed by atoms with Gasteiger partial charge in [-0.3, -0.25) is 24.0 Å². The summed E-state index contributed by atoms with van der Waals surface area (Å²) in [5.41, 5.74) is 5.13. The van der Waals surface area contributed by atoms with Crippen molar-refractivity contribution in [2.45, 2.75) is 103 Å². The van der Waals surface area contributed by atoms with Crippen LogP contribution in [0.5, 0.6) is 0 Å². The number of hydrogen-bond donors (Lipinski definition) is 4. The van der Waals surface area contributed by atoms with Crippen LogP contribution in [0.15, 0.2) is 11.6 Å². The zero-order valence-electron chi connectivity index (χ0n) is 26.5. The summed E-state index contributed by atoms with van der Waals surface area (Å²) in [4.78, 5) is 85.0. The first kappa shape index (κ1) is 33.0. The number of amides is 5. The largest absolute Gasteiger partial charge is 0.363 e. The molecule has 0 bridgehead atoms. The number of hydrogen-bond acceptors (Lipinski definition) is 8. The van der Waals surface area contributed by atoms with Crippen LogP contribution in [0.25, 0.3) is 0 Å². The van der Waals surface area contributed by atoms with Crippen LogP contribution in [0.2, 0.25) is 0 Å². The van der Waals surface area contributed by atoms with Crippen LogP contribution in [0.1, 0.15) is 88.9 Å². The fraction of sp³-hybridized carbons (Fsp3) is 0.719. The van der Waals surface area contributed by atoms with E-state index in [9.17, 15) is 28.8 Å². The number of nitrogens with one attached hydrogen (secondary N) is 3. The number of carbonyl (C=O) groups excluding carboxylic acids is 6. The van der Waals surface area contributed by atoms with E-state index in [1.807, 2.05) is 13.8 Å². The zero-order valence-corrected chi connectivity index (χ0v) is 27.4. The van der Waals surface area contributed by atoms with Crippen molar-refractivity contribution in [1.82, 2.24) is 25.8 Å². The van der Waals surface area contributed by atoms with Gasteiger partial charge in [-0.1, -0.05) is 59.8 Å². The zero-order chi connectivity index (χ0) is 32.6. The number of nitrogens with zero attached hydrogens (tertiary/aromatic N) is 2. The number of aromatic nitrogens is 1. The first-order valence-electron chi connectivity index (χ1n) is 16.3. The predicted molar refractivity (Wildman–Crippen MR) is 167 cm³/mol. The summed E-state index contributed by atoms with van der Waals surface area (Å²) in [5, 5.41) is 10.5. The summed E-state index contributed by atoms with van der Waals surface area (Å²) in [6.45, 7) is 8.16. The van der Waals surface area contributed by atoms with Crippen LogP contribution in [-0.2, 0) is 19.2 Å². The number of nitrogens with two attached hydrogens (primary N) is 1. The number of Topliss-reactive ketones (excluding diaryl/α,β-unsaturated/α-hetero) is 2. The van der Waals surface area contributed by atoms with Gasteiger partial charge in [0.05, 0.1) is 12.1 Å². The van der Waals surface area contributed by atoms with Crippen molar-refractivity contribution in [2.24, 2.45) is 40.7 Å². The number of fused-ring (bicyclic) bond motifs is 1. The average molecular weight is 643 g/mol. The molecule has 0 spiro atoms. The molecule has 12 nitrogen and oxygen atoms in total. The van der Waals surface area contributed by atoms with Gasteiger partial charge in [0.1, 0.15) is 12.1 Å². The third-order valence-corrected chi connectivity index (χ3v) is 11.2. The Hall–Kier alpha value is -3.35. The minimum Gasteiger partial charge on any atom is -0.363 e. The molecule has 4 aliphatic rings. The van der Waals surface area contributed by atoms with Gasteiger partial charge >= 0.3 is 6.03 Å². The minimum atomic E-state index is -1.09. The number of likely N-dealkylation sites (tertiary alicyclic amines) is 1. The molecule has 246 valence electrons. The van der Waals surface area contributed by atoms with Crippen LogP contribution in [0, 0.1) is 35.0 Å². The van der Waals surface area contributed by atoms with Gasteiger partial charge in [-0.2, -0.15) is 0 Å². The average Bonchev–Trinajstić information content (AvgIpc) is 3.70. The molecule has 3 saturated carbocycles. The van der Waals surface area contributed by atoms with E-state index in [4.69, 9.17) is 5.73 Å². The second kappa shape index (κ2) is 13.2. The van der Waals surface area contributed by atoms with Crippen LogP contribution in [0.3, 0.4) is 0 Å². The van der Waals surface area contributed by atoms with Gasteiger partial charge in [-0.05, 0) is 54.3 Å². The lowest BCUT2D eigenvalue weighted by atomic mass is 9.83. The van der Waals surface area contributed by atoms with Gasteiger partial charge in [0.2, 0.25) is 23.4 Å². The van der Waals surface area contributed by atoms with E-state index in [-0.39, 0.29) is 46.7 Å². The highest BCUT2D eigenvalue weighted by Crippen LogP contribution is 2.65. The van der Waals surface area contributed by atoms with Crippen LogP contribution in [-0.4, -0.2) is 75.9 Å². The summed E-state index contributed by atoms with van der Waals surface area (Å²) >= 11 is 1.21. The Morgan fingerprint density at radius 1 is 1.02 bits per heavy atom. The molecule has 5 rings (SSSR count). The Morgan fingerprint density at radius 2 is 1.71 bits per heavy atom. The standard InChI is InChI=1S/C32H46N6O6S/c1-16(2)22(26(40)29-34-12-13-45-29)36-31(44)37-23(18-8-6-5-7-9-18)30(43)38-15-19-21(32(19,3)4)24(38)28(42)35-20(14-17-10-11-17)25(39)27(33)41/h12-13,16-24H,5-11,14-15H2,1-4H3,(H2,33,41)(H,35,42)(H2,36,37,44)/t19-,20?,21-,22-,23-,24-/m0/s1. The molecule has 1 aromatic heterocycles. The number of rotatable bonds is 13. The number of primary amides is 1. The van der Waals surface area contributed by atoms with Gasteiger partial charge in [0.15, 0.2) is 5.01 Å². The van der Waals surface area contributed by atoms with E-state index in [1.54, 1.807) is 16.5 Å². The molecule has 5 N–H and O–H groups in total. The second-order valence-corrected chi connectivity index (χ2v) is 15.2. The molecule has 1 aliphatic heterocycles. The number of ketones is 2. The van der Waals surface area contributed by atoms with Gasteiger partial charge in [0.25, 0.3) is 5.91 Å². The lowest BCUT2D eigenvalue weighted by Gasteiger charge is -2.37. The monoisotopic (exact) mass is 642 g/mol. The maximum Gasteiger partial charge on any atom is 0.316 e. The Bertz CT molecular complexity index is 1320. The molecule has 0 radical (unpaired) electrons. The quantitative estimate of drug-likeness (QED) is 0.188. The van der Waals surface area contributed by atoms with Crippen molar-refractivity contribution >= 4 is 46.7 Å². The summed E-state index contributed by atoms with van der Waals surface area (Å²) in [6.07, 6.45) is 8.13. The Labute approximate surface area is 268 Å². The highest BCUT2D eigenvalue weighted by atomic mass is 32.1. The summed E-state index contributed by atoms with van der Waals surface area (Å²) in [7, 11) is 0. The molecular formula is C32H46N6O6S. The maximum absolute atomic E-state index is 14.4. The molecule has 6 atom stereocenters. The van der Waals surface area contributed by atoms with Gasteiger partial charge in [-0.25, -0.2) is 9.78 Å². The highest BCUT2D eigenvalue weighted by molar-refractivity contribution is 7.11. The number of urea groups is 1. The van der Waals surface area contributed by atoms with Crippen molar-refractivity contribution in [1.29, 1.82) is 0 Å². The summed E-state index contributed by atoms with van der Waals surface area (Å²) in [6, 6.07) is -4.21. The topological polar surface area (TPSA) is 181 Å². The van der Waals surface area contributed by atoms with E-state index in [0.717, 1.165) is 44.9 Å². The van der Waals surface area contributed by atoms with Crippen LogP contribution >= 0.6 is 11.3 Å². The fourth-order valence-corrected chi connectivity index (χ4v) is 8.14. The van der Waals surface area contributed by atoms with Crippen LogP contribution < -0.4 is 21.7 Å². The van der Waals surface area contributed by atoms with Crippen molar-refractivity contribution < 1.29 is 28.8 Å². The second-order valence-electron chi connectivity index (χ2n) is 14.3. The number of piperidine rings is 1. The Morgan fingerprint density at radius 3 is 2.29 bits per heavy atom. The Kier molecular flexibility index (Phi) is 9.67. The number of carbonyl (C=O) groups is 6. The lowest BCUT2D eigenvalue weighted by Crippen LogP contribution is -2.61. The molecular weight excluding hydrogens is 596 g/mol. The van der Waals surface area contributed by atoms with Crippen molar-refractivity contribution in [3.8, 4) is 0 Å². The summed E-state index contributed by atoms with van der Waals surface area (Å²) < 4.78 is 0. The smallest absolute Gasteiger partial charge is 0.316 e. The molecule has 1 unspecified atom stereocenters. The minimum absolute atomic E-state index is 0.0907. The molecule has 5 amide bonds. The third kappa shape index (κ3) is 7.07. The van der Waals surface area contributed by atoms with E-state index >= 15 is 0 Å². The lowest BCUT2D eigenvalue weighted by molar-refractivity contribution is -0.144. The third-order valence-electron chi connectivity index (χ3n) is 10.5. The predicted octanol–water partition coefficient (Wildman–Crippen LogP) is 2.42. The van der Waals surface area contributed by atoms with Crippen molar-refractivity contribution in [3.63, 3.8) is 0 Å². The van der Waals surface area contributed by atoms with E-state index in [2.05, 4.69) is 34.8 Å². The molecule has 13 heteroatoms. The molecule has 0 aromatic carbocycles. The molecule has 1 saturated heterocycles. The van der Waals surface area contributed by atoms with Gasteiger partial charge in [-0.15, -0.1) is 11.3 Å². The fourth-order valence-electron chi connectivity index (χ4n) is 7.53. The van der Waals surface area contributed by atoms with Gasteiger partial charge < -0.3 is 26.6 Å². The van der Waals surface area contributed by atoms with E-state index < -0.39 is 47.8 Å². The van der Waals surface area contributed by atoms with Crippen molar-refractivity contribution in [2.75, 3.05) is 6.54 Å². The van der Waals surface area contributed by atoms with Crippen molar-refractivity contribution in [3.05, 3.63) is 16.6 Å².